The summed E-state index contributed by atoms with van der Waals surface area (Å²) < 4.78 is 25.8. The fraction of sp³-hybridized carbons (Fsp3) is 0.429. The number of carbonyl (C=O) groups is 2. The number of benzene rings is 1. The summed E-state index contributed by atoms with van der Waals surface area (Å²) in [4.78, 5) is 22.3. The Morgan fingerprint density at radius 2 is 1.90 bits per heavy atom. The van der Waals surface area contributed by atoms with Crippen molar-refractivity contribution < 1.29 is 23.5 Å². The normalized spacial score (nSPS) is 11.2. The van der Waals surface area contributed by atoms with E-state index in [1.807, 2.05) is 0 Å². The first-order chi connectivity index (χ1) is 9.19. The highest BCUT2D eigenvalue weighted by molar-refractivity contribution is 5.79. The van der Waals surface area contributed by atoms with Gasteiger partial charge in [0.05, 0.1) is 6.42 Å². The number of aliphatic carboxylic acids is 1. The zero-order valence-electron chi connectivity index (χ0n) is 11.4. The summed E-state index contributed by atoms with van der Waals surface area (Å²) in [5.41, 5.74) is -0.316. The van der Waals surface area contributed by atoms with Crippen LogP contribution >= 0.6 is 0 Å². The topological polar surface area (TPSA) is 66.4 Å². The van der Waals surface area contributed by atoms with Gasteiger partial charge in [-0.3, -0.25) is 9.59 Å². The van der Waals surface area contributed by atoms with E-state index in [-0.39, 0.29) is 25.2 Å². The van der Waals surface area contributed by atoms with Crippen LogP contribution in [-0.2, 0) is 16.0 Å². The lowest BCUT2D eigenvalue weighted by Crippen LogP contribution is -2.44. The first-order valence-corrected chi connectivity index (χ1v) is 6.16. The van der Waals surface area contributed by atoms with Gasteiger partial charge in [0, 0.05) is 12.0 Å². The van der Waals surface area contributed by atoms with E-state index in [4.69, 9.17) is 5.11 Å². The number of rotatable bonds is 6. The summed E-state index contributed by atoms with van der Waals surface area (Å²) in [6.07, 6.45) is 0.137. The van der Waals surface area contributed by atoms with E-state index < -0.39 is 23.1 Å². The Morgan fingerprint density at radius 1 is 1.25 bits per heavy atom. The van der Waals surface area contributed by atoms with Crippen LogP contribution in [0.25, 0.3) is 0 Å². The second-order valence-corrected chi connectivity index (χ2v) is 5.25. The van der Waals surface area contributed by atoms with E-state index >= 15 is 0 Å². The molecule has 6 heteroatoms. The lowest BCUT2D eigenvalue weighted by atomic mass is 9.98. The Balaban J connectivity index is 2.58. The van der Waals surface area contributed by atoms with Gasteiger partial charge < -0.3 is 10.4 Å². The molecule has 0 atom stereocenters. The van der Waals surface area contributed by atoms with Crippen molar-refractivity contribution >= 4 is 11.9 Å². The van der Waals surface area contributed by atoms with Crippen LogP contribution < -0.4 is 5.32 Å². The molecular formula is C14H17F2NO3. The van der Waals surface area contributed by atoms with Crippen molar-refractivity contribution in [3.63, 3.8) is 0 Å². The maximum atomic E-state index is 13.0. The van der Waals surface area contributed by atoms with Crippen LogP contribution in [0.4, 0.5) is 8.78 Å². The third-order valence-electron chi connectivity index (χ3n) is 2.79. The van der Waals surface area contributed by atoms with Crippen molar-refractivity contribution in [2.45, 2.75) is 38.6 Å². The molecule has 0 bridgehead atoms. The summed E-state index contributed by atoms with van der Waals surface area (Å²) in [7, 11) is 0. The van der Waals surface area contributed by atoms with Crippen LogP contribution in [0.3, 0.4) is 0 Å². The van der Waals surface area contributed by atoms with Gasteiger partial charge >= 0.3 is 5.97 Å². The van der Waals surface area contributed by atoms with E-state index in [0.717, 1.165) is 12.1 Å². The van der Waals surface area contributed by atoms with Gasteiger partial charge in [-0.15, -0.1) is 0 Å². The van der Waals surface area contributed by atoms with Gasteiger partial charge in [0.15, 0.2) is 11.6 Å². The van der Waals surface area contributed by atoms with E-state index in [0.29, 0.717) is 5.56 Å². The molecule has 0 aliphatic rings. The lowest BCUT2D eigenvalue weighted by Gasteiger charge is -2.25. The summed E-state index contributed by atoms with van der Waals surface area (Å²) in [6.45, 7) is 3.41. The van der Waals surface area contributed by atoms with Crippen LogP contribution in [0.15, 0.2) is 18.2 Å². The second kappa shape index (κ2) is 6.45. The molecule has 20 heavy (non-hydrogen) atoms. The van der Waals surface area contributed by atoms with Crippen LogP contribution in [-0.4, -0.2) is 22.5 Å². The highest BCUT2D eigenvalue weighted by Gasteiger charge is 2.21. The molecule has 0 fully saturated rings. The molecule has 0 saturated carbocycles. The minimum atomic E-state index is -1.000. The van der Waals surface area contributed by atoms with E-state index in [2.05, 4.69) is 5.32 Å². The highest BCUT2D eigenvalue weighted by atomic mass is 19.2. The summed E-state index contributed by atoms with van der Waals surface area (Å²) in [5, 5.41) is 11.3. The molecule has 0 aliphatic heterocycles. The average molecular weight is 285 g/mol. The molecule has 0 saturated heterocycles. The number of nitrogens with one attached hydrogen (secondary N) is 1. The van der Waals surface area contributed by atoms with Gasteiger partial charge in [-0.05, 0) is 38.0 Å². The van der Waals surface area contributed by atoms with Crippen molar-refractivity contribution in [3.8, 4) is 0 Å². The third-order valence-corrected chi connectivity index (χ3v) is 2.79. The maximum absolute atomic E-state index is 13.0. The Labute approximate surface area is 115 Å². The summed E-state index contributed by atoms with van der Waals surface area (Å²) >= 11 is 0. The predicted molar refractivity (Wildman–Crippen MR) is 69.2 cm³/mol. The standard InChI is InChI=1S/C14H17F2NO3/c1-14(2,6-5-13(19)20)17-12(18)8-9-3-4-10(15)11(16)7-9/h3-4,7H,5-6,8H2,1-2H3,(H,17,18)(H,19,20). The summed E-state index contributed by atoms with van der Waals surface area (Å²) in [5.74, 6) is -3.27. The molecule has 0 spiro atoms. The molecule has 110 valence electrons. The molecule has 1 aromatic rings. The van der Waals surface area contributed by atoms with E-state index in [1.165, 1.54) is 6.07 Å². The molecule has 1 aromatic carbocycles. The van der Waals surface area contributed by atoms with Crippen LogP contribution in [0.1, 0.15) is 32.3 Å². The molecule has 2 N–H and O–H groups in total. The molecule has 0 radical (unpaired) electrons. The second-order valence-electron chi connectivity index (χ2n) is 5.25. The molecule has 0 aliphatic carbocycles. The molecular weight excluding hydrogens is 268 g/mol. The predicted octanol–water partition coefficient (Wildman–Crippen LogP) is 2.27. The number of hydrogen-bond acceptors (Lipinski definition) is 2. The third kappa shape index (κ3) is 5.34. The molecule has 0 heterocycles. The fourth-order valence-electron chi connectivity index (χ4n) is 1.74. The quantitative estimate of drug-likeness (QED) is 0.842. The number of carboxylic acids is 1. The minimum absolute atomic E-state index is 0.0571. The number of carbonyl (C=O) groups excluding carboxylic acids is 1. The van der Waals surface area contributed by atoms with Crippen LogP contribution in [0, 0.1) is 11.6 Å². The molecule has 1 rings (SSSR count). The van der Waals surface area contributed by atoms with E-state index in [9.17, 15) is 18.4 Å². The van der Waals surface area contributed by atoms with Gasteiger partial charge in [-0.25, -0.2) is 8.78 Å². The monoisotopic (exact) mass is 285 g/mol. The first-order valence-electron chi connectivity index (χ1n) is 6.16. The largest absolute Gasteiger partial charge is 0.481 e. The molecule has 1 amide bonds. The van der Waals surface area contributed by atoms with Crippen molar-refractivity contribution in [3.05, 3.63) is 35.4 Å². The summed E-state index contributed by atoms with van der Waals surface area (Å²) in [6, 6.07) is 3.27. The Hall–Kier alpha value is -1.98. The van der Waals surface area contributed by atoms with Crippen molar-refractivity contribution in [1.82, 2.24) is 5.32 Å². The zero-order chi connectivity index (χ0) is 15.3. The molecule has 4 nitrogen and oxygen atoms in total. The van der Waals surface area contributed by atoms with Gasteiger partial charge in [0.1, 0.15) is 0 Å². The first kappa shape index (κ1) is 16.1. The Kier molecular flexibility index (Phi) is 5.19. The Bertz CT molecular complexity index is 515. The minimum Gasteiger partial charge on any atom is -0.481 e. The lowest BCUT2D eigenvalue weighted by molar-refractivity contribution is -0.137. The maximum Gasteiger partial charge on any atom is 0.303 e. The van der Waals surface area contributed by atoms with Crippen LogP contribution in [0.2, 0.25) is 0 Å². The van der Waals surface area contributed by atoms with Gasteiger partial charge in [-0.2, -0.15) is 0 Å². The SMILES string of the molecule is CC(C)(CCC(=O)O)NC(=O)Cc1ccc(F)c(F)c1. The smallest absolute Gasteiger partial charge is 0.303 e. The number of amides is 1. The highest BCUT2D eigenvalue weighted by Crippen LogP contribution is 2.13. The number of hydrogen-bond donors (Lipinski definition) is 2. The van der Waals surface area contributed by atoms with Gasteiger partial charge in [0.25, 0.3) is 0 Å². The molecule has 0 aromatic heterocycles. The van der Waals surface area contributed by atoms with Crippen molar-refractivity contribution in [1.29, 1.82) is 0 Å². The number of carboxylic acid groups (broad SMARTS) is 1. The fourth-order valence-corrected chi connectivity index (χ4v) is 1.74. The Morgan fingerprint density at radius 3 is 2.45 bits per heavy atom. The average Bonchev–Trinajstić information content (AvgIpc) is 2.31. The van der Waals surface area contributed by atoms with E-state index in [1.54, 1.807) is 13.8 Å². The number of halogens is 2. The van der Waals surface area contributed by atoms with Crippen LogP contribution in [0.5, 0.6) is 0 Å². The molecule has 0 unspecified atom stereocenters. The van der Waals surface area contributed by atoms with Crippen molar-refractivity contribution in [2.24, 2.45) is 0 Å². The van der Waals surface area contributed by atoms with Crippen molar-refractivity contribution in [2.75, 3.05) is 0 Å². The van der Waals surface area contributed by atoms with Gasteiger partial charge in [0.2, 0.25) is 5.91 Å². The van der Waals surface area contributed by atoms with Gasteiger partial charge in [-0.1, -0.05) is 6.07 Å². The zero-order valence-corrected chi connectivity index (χ0v) is 11.4.